The molecule has 9 heteroatoms. The van der Waals surface area contributed by atoms with Crippen LogP contribution in [0.5, 0.6) is 0 Å². The van der Waals surface area contributed by atoms with Gasteiger partial charge in [0.25, 0.3) is 0 Å². The van der Waals surface area contributed by atoms with Crippen LogP contribution in [0.2, 0.25) is 0 Å². The Labute approximate surface area is 119 Å². The zero-order valence-electron chi connectivity index (χ0n) is 11.2. The Kier molecular flexibility index (Phi) is 5.66. The largest absolute Gasteiger partial charge is 0.336 e. The molecule has 1 aromatic rings. The Balaban J connectivity index is 3.52. The first-order valence-electron chi connectivity index (χ1n) is 6.13. The van der Waals surface area contributed by atoms with E-state index in [1.54, 1.807) is 0 Å². The SMILES string of the molecule is N#CCCn1c(=O)n(CCC#N)c(=O)n(CCC#N)c1=O. The lowest BCUT2D eigenvalue weighted by Crippen LogP contribution is -2.54. The molecular weight excluding hydrogens is 276 g/mol. The van der Waals surface area contributed by atoms with Gasteiger partial charge >= 0.3 is 17.1 Å². The number of nitrogens with zero attached hydrogens (tertiary/aromatic N) is 6. The van der Waals surface area contributed by atoms with E-state index in [4.69, 9.17) is 15.8 Å². The molecule has 0 unspecified atom stereocenters. The fourth-order valence-electron chi connectivity index (χ4n) is 1.74. The summed E-state index contributed by atoms with van der Waals surface area (Å²) >= 11 is 0. The highest BCUT2D eigenvalue weighted by atomic mass is 16.2. The molecule has 0 fully saturated rings. The predicted molar refractivity (Wildman–Crippen MR) is 69.9 cm³/mol. The Bertz CT molecular complexity index is 669. The van der Waals surface area contributed by atoms with Crippen LogP contribution < -0.4 is 17.1 Å². The minimum Gasteiger partial charge on any atom is -0.247 e. The van der Waals surface area contributed by atoms with E-state index in [2.05, 4.69) is 0 Å². The zero-order chi connectivity index (χ0) is 15.8. The highest BCUT2D eigenvalue weighted by Crippen LogP contribution is 1.85. The van der Waals surface area contributed by atoms with E-state index in [0.717, 1.165) is 13.7 Å². The van der Waals surface area contributed by atoms with E-state index in [-0.39, 0.29) is 38.9 Å². The molecule has 0 saturated heterocycles. The summed E-state index contributed by atoms with van der Waals surface area (Å²) in [7, 11) is 0. The number of hydrogen-bond donors (Lipinski definition) is 0. The van der Waals surface area contributed by atoms with E-state index in [0.29, 0.717) is 0 Å². The minimum atomic E-state index is -0.844. The summed E-state index contributed by atoms with van der Waals surface area (Å²) in [5, 5.41) is 25.7. The number of rotatable bonds is 6. The van der Waals surface area contributed by atoms with Crippen molar-refractivity contribution >= 4 is 0 Å². The fraction of sp³-hybridized carbons (Fsp3) is 0.500. The molecule has 1 rings (SSSR count). The molecule has 0 atom stereocenters. The van der Waals surface area contributed by atoms with E-state index < -0.39 is 17.1 Å². The zero-order valence-corrected chi connectivity index (χ0v) is 11.2. The van der Waals surface area contributed by atoms with Crippen molar-refractivity contribution in [1.29, 1.82) is 15.8 Å². The second-order valence-corrected chi connectivity index (χ2v) is 4.03. The molecule has 0 spiro atoms. The van der Waals surface area contributed by atoms with E-state index in [9.17, 15) is 14.4 Å². The Morgan fingerprint density at radius 2 is 0.857 bits per heavy atom. The average Bonchev–Trinajstić information content (AvgIpc) is 2.47. The number of nitriles is 3. The average molecular weight is 288 g/mol. The standard InChI is InChI=1S/C12H12N6O3/c13-4-1-7-16-10(19)17(8-2-5-14)12(21)18(11(16)20)9-3-6-15/h1-3,7-9H2. The highest BCUT2D eigenvalue weighted by Gasteiger charge is 2.14. The monoisotopic (exact) mass is 288 g/mol. The maximum absolute atomic E-state index is 12.1. The number of hydrogen-bond acceptors (Lipinski definition) is 6. The summed E-state index contributed by atoms with van der Waals surface area (Å²) in [5.74, 6) is 0. The van der Waals surface area contributed by atoms with Crippen molar-refractivity contribution in [3.63, 3.8) is 0 Å². The molecule has 21 heavy (non-hydrogen) atoms. The molecule has 108 valence electrons. The van der Waals surface area contributed by atoms with Crippen molar-refractivity contribution in [2.24, 2.45) is 0 Å². The van der Waals surface area contributed by atoms with Crippen LogP contribution >= 0.6 is 0 Å². The normalized spacial score (nSPS) is 9.57. The van der Waals surface area contributed by atoms with Gasteiger partial charge in [-0.1, -0.05) is 0 Å². The maximum atomic E-state index is 12.1. The second-order valence-electron chi connectivity index (χ2n) is 4.03. The molecule has 0 aromatic carbocycles. The van der Waals surface area contributed by atoms with Gasteiger partial charge < -0.3 is 0 Å². The fourth-order valence-corrected chi connectivity index (χ4v) is 1.74. The number of aromatic nitrogens is 3. The second kappa shape index (κ2) is 7.46. The highest BCUT2D eigenvalue weighted by molar-refractivity contribution is 4.84. The van der Waals surface area contributed by atoms with Gasteiger partial charge in [-0.3, -0.25) is 0 Å². The third kappa shape index (κ3) is 3.46. The predicted octanol–water partition coefficient (Wildman–Crippen LogP) is -1.09. The van der Waals surface area contributed by atoms with Gasteiger partial charge in [-0.05, 0) is 0 Å². The first-order valence-corrected chi connectivity index (χ1v) is 6.13. The van der Waals surface area contributed by atoms with Crippen LogP contribution in [-0.2, 0) is 19.6 Å². The Morgan fingerprint density at radius 3 is 1.05 bits per heavy atom. The van der Waals surface area contributed by atoms with Gasteiger partial charge in [0.15, 0.2) is 0 Å². The van der Waals surface area contributed by atoms with Gasteiger partial charge in [0, 0.05) is 19.6 Å². The van der Waals surface area contributed by atoms with Crippen LogP contribution in [0.25, 0.3) is 0 Å². The van der Waals surface area contributed by atoms with Crippen molar-refractivity contribution in [2.75, 3.05) is 0 Å². The van der Waals surface area contributed by atoms with Crippen LogP contribution in [0.4, 0.5) is 0 Å². The topological polar surface area (TPSA) is 137 Å². The molecule has 0 radical (unpaired) electrons. The Morgan fingerprint density at radius 1 is 0.619 bits per heavy atom. The Hall–Kier alpha value is -3.12. The quantitative estimate of drug-likeness (QED) is 0.652. The van der Waals surface area contributed by atoms with Crippen molar-refractivity contribution < 1.29 is 0 Å². The van der Waals surface area contributed by atoms with Crippen molar-refractivity contribution in [2.45, 2.75) is 38.9 Å². The first-order chi connectivity index (χ1) is 10.1. The van der Waals surface area contributed by atoms with Gasteiger partial charge in [-0.15, -0.1) is 0 Å². The van der Waals surface area contributed by atoms with Gasteiger partial charge in [-0.25, -0.2) is 28.1 Å². The van der Waals surface area contributed by atoms with Gasteiger partial charge in [-0.2, -0.15) is 15.8 Å². The molecule has 0 aliphatic heterocycles. The van der Waals surface area contributed by atoms with Crippen LogP contribution in [0.15, 0.2) is 14.4 Å². The van der Waals surface area contributed by atoms with Crippen LogP contribution in [-0.4, -0.2) is 13.7 Å². The van der Waals surface area contributed by atoms with Crippen molar-refractivity contribution in [3.05, 3.63) is 31.5 Å². The molecule has 0 aliphatic carbocycles. The summed E-state index contributed by atoms with van der Waals surface area (Å²) in [6.07, 6.45) is -0.197. The molecule has 1 heterocycles. The molecule has 0 N–H and O–H groups in total. The van der Waals surface area contributed by atoms with Gasteiger partial charge in [0.05, 0.1) is 37.5 Å². The molecule has 0 bridgehead atoms. The molecule has 0 aliphatic rings. The minimum absolute atomic E-state index is 0.0656. The van der Waals surface area contributed by atoms with Crippen molar-refractivity contribution in [1.82, 2.24) is 13.7 Å². The molecule has 1 aromatic heterocycles. The lowest BCUT2D eigenvalue weighted by atomic mass is 10.4. The maximum Gasteiger partial charge on any atom is 0.336 e. The summed E-state index contributed by atoms with van der Waals surface area (Å²) in [6, 6.07) is 5.43. The van der Waals surface area contributed by atoms with E-state index >= 15 is 0 Å². The summed E-state index contributed by atoms with van der Waals surface area (Å²) < 4.78 is 2.33. The molecule has 0 amide bonds. The van der Waals surface area contributed by atoms with Crippen LogP contribution in [0.1, 0.15) is 19.3 Å². The van der Waals surface area contributed by atoms with E-state index in [1.807, 2.05) is 18.2 Å². The molecular formula is C12H12N6O3. The van der Waals surface area contributed by atoms with Gasteiger partial charge in [0.1, 0.15) is 0 Å². The summed E-state index contributed by atoms with van der Waals surface area (Å²) in [4.78, 5) is 36.2. The summed E-state index contributed by atoms with van der Waals surface area (Å²) in [5.41, 5.74) is -2.53. The third-order valence-electron chi connectivity index (χ3n) is 2.73. The van der Waals surface area contributed by atoms with Gasteiger partial charge in [0.2, 0.25) is 0 Å². The first kappa shape index (κ1) is 15.9. The molecule has 9 nitrogen and oxygen atoms in total. The smallest absolute Gasteiger partial charge is 0.247 e. The summed E-state index contributed by atoms with van der Waals surface area (Å²) in [6.45, 7) is -0.436. The third-order valence-corrected chi connectivity index (χ3v) is 2.73. The van der Waals surface area contributed by atoms with Crippen LogP contribution in [0.3, 0.4) is 0 Å². The van der Waals surface area contributed by atoms with E-state index in [1.165, 1.54) is 0 Å². The lowest BCUT2D eigenvalue weighted by Gasteiger charge is -2.11. The van der Waals surface area contributed by atoms with Crippen molar-refractivity contribution in [3.8, 4) is 18.2 Å². The molecule has 0 saturated carbocycles. The van der Waals surface area contributed by atoms with Crippen LogP contribution in [0, 0.1) is 34.0 Å². The lowest BCUT2D eigenvalue weighted by molar-refractivity contribution is 0.452.